The van der Waals surface area contributed by atoms with Gasteiger partial charge in [-0.1, -0.05) is 6.07 Å². The normalized spacial score (nSPS) is 12.2. The summed E-state index contributed by atoms with van der Waals surface area (Å²) in [6.07, 6.45) is 1.77. The standard InChI is InChI=1S/C12H15N5/c1-8-9(2)16-17-12(14-8)15-10(3)11-6-4-5-7-13-11/h4-7,10H,1-3H3,(H,14,15,17). The first-order valence-electron chi connectivity index (χ1n) is 5.52. The molecule has 1 N–H and O–H groups in total. The maximum absolute atomic E-state index is 4.33. The minimum absolute atomic E-state index is 0.0557. The van der Waals surface area contributed by atoms with Crippen molar-refractivity contribution in [1.29, 1.82) is 0 Å². The van der Waals surface area contributed by atoms with E-state index in [4.69, 9.17) is 0 Å². The molecule has 2 aromatic heterocycles. The molecule has 0 fully saturated rings. The van der Waals surface area contributed by atoms with Crippen molar-refractivity contribution in [3.63, 3.8) is 0 Å². The molecule has 2 aromatic rings. The van der Waals surface area contributed by atoms with E-state index in [-0.39, 0.29) is 6.04 Å². The zero-order chi connectivity index (χ0) is 12.3. The average molecular weight is 229 g/mol. The Bertz CT molecular complexity index is 498. The highest BCUT2D eigenvalue weighted by Gasteiger charge is 2.08. The number of aryl methyl sites for hydroxylation is 2. The van der Waals surface area contributed by atoms with Crippen LogP contribution in [0.1, 0.15) is 30.0 Å². The first-order chi connectivity index (χ1) is 8.16. The molecule has 5 heteroatoms. The number of pyridine rings is 1. The van der Waals surface area contributed by atoms with Crippen LogP contribution >= 0.6 is 0 Å². The molecule has 0 saturated carbocycles. The molecule has 1 atom stereocenters. The number of hydrogen-bond acceptors (Lipinski definition) is 5. The van der Waals surface area contributed by atoms with Gasteiger partial charge in [-0.3, -0.25) is 4.98 Å². The molecule has 2 rings (SSSR count). The van der Waals surface area contributed by atoms with Crippen molar-refractivity contribution in [3.8, 4) is 0 Å². The van der Waals surface area contributed by atoms with E-state index < -0.39 is 0 Å². The van der Waals surface area contributed by atoms with Gasteiger partial charge in [-0.05, 0) is 32.9 Å². The van der Waals surface area contributed by atoms with Crippen LogP contribution in [0.5, 0.6) is 0 Å². The van der Waals surface area contributed by atoms with Gasteiger partial charge in [0.1, 0.15) is 0 Å². The van der Waals surface area contributed by atoms with Gasteiger partial charge < -0.3 is 5.32 Å². The topological polar surface area (TPSA) is 63.6 Å². The summed E-state index contributed by atoms with van der Waals surface area (Å²) in [5.74, 6) is 0.534. The van der Waals surface area contributed by atoms with Gasteiger partial charge >= 0.3 is 0 Å². The molecule has 0 spiro atoms. The van der Waals surface area contributed by atoms with Crippen molar-refractivity contribution in [2.75, 3.05) is 5.32 Å². The van der Waals surface area contributed by atoms with E-state index in [0.29, 0.717) is 5.95 Å². The first-order valence-corrected chi connectivity index (χ1v) is 5.52. The molecule has 17 heavy (non-hydrogen) atoms. The lowest BCUT2D eigenvalue weighted by Gasteiger charge is -2.12. The third kappa shape index (κ3) is 2.75. The molecule has 0 aromatic carbocycles. The van der Waals surface area contributed by atoms with Gasteiger partial charge in [-0.2, -0.15) is 5.10 Å². The van der Waals surface area contributed by atoms with E-state index >= 15 is 0 Å². The predicted molar refractivity (Wildman–Crippen MR) is 65.6 cm³/mol. The van der Waals surface area contributed by atoms with Gasteiger partial charge in [0.15, 0.2) is 0 Å². The van der Waals surface area contributed by atoms with Gasteiger partial charge in [0.05, 0.1) is 23.1 Å². The van der Waals surface area contributed by atoms with Crippen LogP contribution in [-0.4, -0.2) is 20.2 Å². The Balaban J connectivity index is 2.13. The highest BCUT2D eigenvalue weighted by atomic mass is 15.2. The Hall–Kier alpha value is -2.04. The quantitative estimate of drug-likeness (QED) is 0.872. The predicted octanol–water partition coefficient (Wildman–Crippen LogP) is 2.06. The molecule has 88 valence electrons. The van der Waals surface area contributed by atoms with Crippen molar-refractivity contribution in [3.05, 3.63) is 41.5 Å². The summed E-state index contributed by atoms with van der Waals surface area (Å²) < 4.78 is 0. The fraction of sp³-hybridized carbons (Fsp3) is 0.333. The summed E-state index contributed by atoms with van der Waals surface area (Å²) in [6.45, 7) is 5.82. The first kappa shape index (κ1) is 11.4. The van der Waals surface area contributed by atoms with Gasteiger partial charge in [0.25, 0.3) is 0 Å². The molecule has 0 aliphatic rings. The highest BCUT2D eigenvalue weighted by molar-refractivity contribution is 5.28. The van der Waals surface area contributed by atoms with E-state index in [2.05, 4.69) is 25.5 Å². The number of hydrogen-bond donors (Lipinski definition) is 1. The number of nitrogens with zero attached hydrogens (tertiary/aromatic N) is 4. The fourth-order valence-electron chi connectivity index (χ4n) is 1.42. The second-order valence-electron chi connectivity index (χ2n) is 3.93. The zero-order valence-corrected chi connectivity index (χ0v) is 10.2. The maximum Gasteiger partial charge on any atom is 0.243 e. The van der Waals surface area contributed by atoms with Gasteiger partial charge in [-0.25, -0.2) is 4.98 Å². The van der Waals surface area contributed by atoms with Crippen molar-refractivity contribution in [1.82, 2.24) is 20.2 Å². The van der Waals surface area contributed by atoms with Crippen molar-refractivity contribution in [2.24, 2.45) is 0 Å². The van der Waals surface area contributed by atoms with E-state index in [0.717, 1.165) is 17.1 Å². The van der Waals surface area contributed by atoms with Crippen LogP contribution in [0.3, 0.4) is 0 Å². The van der Waals surface area contributed by atoms with Crippen LogP contribution in [0.4, 0.5) is 5.95 Å². The van der Waals surface area contributed by atoms with Crippen LogP contribution < -0.4 is 5.32 Å². The molecular formula is C12H15N5. The third-order valence-corrected chi connectivity index (χ3v) is 2.57. The van der Waals surface area contributed by atoms with Crippen molar-refractivity contribution in [2.45, 2.75) is 26.8 Å². The zero-order valence-electron chi connectivity index (χ0n) is 10.2. The smallest absolute Gasteiger partial charge is 0.243 e. The molecule has 0 aliphatic carbocycles. The van der Waals surface area contributed by atoms with Gasteiger partial charge in [0, 0.05) is 6.20 Å². The number of aromatic nitrogens is 4. The van der Waals surface area contributed by atoms with Crippen molar-refractivity contribution < 1.29 is 0 Å². The summed E-state index contributed by atoms with van der Waals surface area (Å²) in [5, 5.41) is 11.2. The molecule has 0 saturated heterocycles. The molecule has 5 nitrogen and oxygen atoms in total. The summed E-state index contributed by atoms with van der Waals surface area (Å²) in [7, 11) is 0. The molecule has 0 radical (unpaired) electrons. The van der Waals surface area contributed by atoms with Crippen LogP contribution in [0.15, 0.2) is 24.4 Å². The second kappa shape index (κ2) is 4.86. The maximum atomic E-state index is 4.33. The Morgan fingerprint density at radius 3 is 2.59 bits per heavy atom. The van der Waals surface area contributed by atoms with Gasteiger partial charge in [0.2, 0.25) is 5.95 Å². The van der Waals surface area contributed by atoms with Crippen LogP contribution in [0.25, 0.3) is 0 Å². The minimum Gasteiger partial charge on any atom is -0.345 e. The largest absolute Gasteiger partial charge is 0.345 e. The lowest BCUT2D eigenvalue weighted by molar-refractivity contribution is 0.796. The van der Waals surface area contributed by atoms with Gasteiger partial charge in [-0.15, -0.1) is 5.10 Å². The lowest BCUT2D eigenvalue weighted by Crippen LogP contribution is -2.12. The fourth-order valence-corrected chi connectivity index (χ4v) is 1.42. The van der Waals surface area contributed by atoms with Crippen LogP contribution in [-0.2, 0) is 0 Å². The molecular weight excluding hydrogens is 214 g/mol. The Kier molecular flexibility index (Phi) is 3.27. The number of rotatable bonds is 3. The van der Waals surface area contributed by atoms with Crippen LogP contribution in [0, 0.1) is 13.8 Å². The number of anilines is 1. The summed E-state index contributed by atoms with van der Waals surface area (Å²) in [6, 6.07) is 5.87. The van der Waals surface area contributed by atoms with Crippen LogP contribution in [0.2, 0.25) is 0 Å². The Morgan fingerprint density at radius 1 is 1.12 bits per heavy atom. The average Bonchev–Trinajstić information content (AvgIpc) is 2.35. The Labute approximate surface area is 100 Å². The lowest BCUT2D eigenvalue weighted by atomic mass is 10.2. The highest BCUT2D eigenvalue weighted by Crippen LogP contribution is 2.13. The SMILES string of the molecule is Cc1nnc(NC(C)c2ccccn2)nc1C. The van der Waals surface area contributed by atoms with E-state index in [9.17, 15) is 0 Å². The molecule has 1 unspecified atom stereocenters. The van der Waals surface area contributed by atoms with Crippen molar-refractivity contribution >= 4 is 5.95 Å². The van der Waals surface area contributed by atoms with E-state index in [1.807, 2.05) is 39.0 Å². The summed E-state index contributed by atoms with van der Waals surface area (Å²) in [4.78, 5) is 8.60. The second-order valence-corrected chi connectivity index (χ2v) is 3.93. The molecule has 2 heterocycles. The molecule has 0 bridgehead atoms. The minimum atomic E-state index is 0.0557. The third-order valence-electron chi connectivity index (χ3n) is 2.57. The van der Waals surface area contributed by atoms with E-state index in [1.54, 1.807) is 6.20 Å². The molecule has 0 amide bonds. The van der Waals surface area contributed by atoms with E-state index in [1.165, 1.54) is 0 Å². The monoisotopic (exact) mass is 229 g/mol. The summed E-state index contributed by atoms with van der Waals surface area (Å²) >= 11 is 0. The summed E-state index contributed by atoms with van der Waals surface area (Å²) in [5.41, 5.74) is 2.69. The number of nitrogens with one attached hydrogen (secondary N) is 1. The Morgan fingerprint density at radius 2 is 1.94 bits per heavy atom. The molecule has 0 aliphatic heterocycles.